The van der Waals surface area contributed by atoms with Gasteiger partial charge in [-0.3, -0.25) is 4.68 Å². The van der Waals surface area contributed by atoms with Crippen molar-refractivity contribution in [1.82, 2.24) is 15.1 Å². The van der Waals surface area contributed by atoms with Crippen molar-refractivity contribution in [2.24, 2.45) is 0 Å². The molecule has 0 aliphatic heterocycles. The Morgan fingerprint density at radius 3 is 2.19 bits per heavy atom. The molecular formula is C15H24Cl2N4. The molecule has 0 bridgehead atoms. The first-order valence-electron chi connectivity index (χ1n) is 6.67. The molecule has 1 heterocycles. The summed E-state index contributed by atoms with van der Waals surface area (Å²) in [6.07, 6.45) is 4.01. The fourth-order valence-electron chi connectivity index (χ4n) is 1.93. The minimum absolute atomic E-state index is 0. The van der Waals surface area contributed by atoms with E-state index < -0.39 is 0 Å². The van der Waals surface area contributed by atoms with Gasteiger partial charge >= 0.3 is 0 Å². The molecule has 0 radical (unpaired) electrons. The van der Waals surface area contributed by atoms with Gasteiger partial charge in [0.25, 0.3) is 0 Å². The van der Waals surface area contributed by atoms with Gasteiger partial charge in [-0.25, -0.2) is 0 Å². The summed E-state index contributed by atoms with van der Waals surface area (Å²) in [7, 11) is 4.11. The number of nitrogens with one attached hydrogen (secondary N) is 1. The van der Waals surface area contributed by atoms with Crippen molar-refractivity contribution in [1.29, 1.82) is 0 Å². The van der Waals surface area contributed by atoms with Gasteiger partial charge in [0, 0.05) is 51.2 Å². The zero-order valence-electron chi connectivity index (χ0n) is 12.7. The smallest absolute Gasteiger partial charge is 0.0534 e. The first-order valence-corrected chi connectivity index (χ1v) is 6.67. The first-order chi connectivity index (χ1) is 9.19. The van der Waals surface area contributed by atoms with Gasteiger partial charge < -0.3 is 10.2 Å². The molecular weight excluding hydrogens is 307 g/mol. The van der Waals surface area contributed by atoms with Gasteiger partial charge in [-0.2, -0.15) is 5.10 Å². The van der Waals surface area contributed by atoms with Crippen molar-refractivity contribution in [2.45, 2.75) is 26.6 Å². The van der Waals surface area contributed by atoms with Crippen LogP contribution in [0.5, 0.6) is 0 Å². The van der Waals surface area contributed by atoms with E-state index in [-0.39, 0.29) is 24.8 Å². The molecule has 1 N–H and O–H groups in total. The number of aromatic nitrogens is 2. The molecule has 0 atom stereocenters. The number of aryl methyl sites for hydroxylation is 1. The second-order valence-electron chi connectivity index (χ2n) is 4.87. The summed E-state index contributed by atoms with van der Waals surface area (Å²) in [4.78, 5) is 2.11. The molecule has 0 aliphatic rings. The van der Waals surface area contributed by atoms with Gasteiger partial charge in [0.15, 0.2) is 0 Å². The Morgan fingerprint density at radius 1 is 1.05 bits per heavy atom. The predicted octanol–water partition coefficient (Wildman–Crippen LogP) is 3.10. The minimum Gasteiger partial charge on any atom is -0.378 e. The fourth-order valence-corrected chi connectivity index (χ4v) is 1.93. The lowest BCUT2D eigenvalue weighted by Gasteiger charge is -2.12. The van der Waals surface area contributed by atoms with E-state index in [0.717, 1.165) is 19.6 Å². The number of hydrogen-bond donors (Lipinski definition) is 1. The van der Waals surface area contributed by atoms with Crippen LogP contribution in [0, 0.1) is 0 Å². The summed E-state index contributed by atoms with van der Waals surface area (Å²) in [5, 5.41) is 7.70. The lowest BCUT2D eigenvalue weighted by Crippen LogP contribution is -2.13. The monoisotopic (exact) mass is 330 g/mol. The zero-order chi connectivity index (χ0) is 13.7. The van der Waals surface area contributed by atoms with Crippen LogP contribution in [0.25, 0.3) is 0 Å². The number of halogens is 2. The van der Waals surface area contributed by atoms with E-state index in [9.17, 15) is 0 Å². The standard InChI is InChI=1S/C15H22N4.2ClH/c1-4-19-12-14(11-17-19)10-16-9-13-5-7-15(8-6-13)18(2)3;;/h5-8,11-12,16H,4,9-10H2,1-3H3;2*1H. The van der Waals surface area contributed by atoms with Crippen LogP contribution in [-0.4, -0.2) is 23.9 Å². The van der Waals surface area contributed by atoms with E-state index in [0.29, 0.717) is 0 Å². The van der Waals surface area contributed by atoms with Crippen molar-refractivity contribution in [3.05, 3.63) is 47.8 Å². The van der Waals surface area contributed by atoms with Crippen molar-refractivity contribution < 1.29 is 0 Å². The van der Waals surface area contributed by atoms with Crippen molar-refractivity contribution >= 4 is 30.5 Å². The predicted molar refractivity (Wildman–Crippen MR) is 93.7 cm³/mol. The molecule has 1 aromatic carbocycles. The van der Waals surface area contributed by atoms with Gasteiger partial charge in [0.05, 0.1) is 6.20 Å². The molecule has 0 saturated heterocycles. The molecule has 2 aromatic rings. The van der Waals surface area contributed by atoms with Crippen LogP contribution in [0.1, 0.15) is 18.1 Å². The van der Waals surface area contributed by atoms with E-state index in [1.807, 2.05) is 10.9 Å². The molecule has 0 spiro atoms. The first kappa shape index (κ1) is 19.8. The average Bonchev–Trinajstić information content (AvgIpc) is 2.87. The van der Waals surface area contributed by atoms with Crippen LogP contribution in [0.3, 0.4) is 0 Å². The second kappa shape index (κ2) is 9.66. The Labute approximate surface area is 139 Å². The van der Waals surface area contributed by atoms with Crippen LogP contribution in [0.2, 0.25) is 0 Å². The Morgan fingerprint density at radius 2 is 1.67 bits per heavy atom. The molecule has 118 valence electrons. The topological polar surface area (TPSA) is 33.1 Å². The Bertz CT molecular complexity index is 509. The van der Waals surface area contributed by atoms with E-state index in [1.54, 1.807) is 0 Å². The molecule has 0 unspecified atom stereocenters. The highest BCUT2D eigenvalue weighted by Gasteiger charge is 1.99. The highest BCUT2D eigenvalue weighted by Crippen LogP contribution is 2.12. The number of anilines is 1. The summed E-state index contributed by atoms with van der Waals surface area (Å²) >= 11 is 0. The van der Waals surface area contributed by atoms with Gasteiger partial charge in [-0.15, -0.1) is 24.8 Å². The highest BCUT2D eigenvalue weighted by atomic mass is 35.5. The highest BCUT2D eigenvalue weighted by molar-refractivity contribution is 5.85. The normalized spacial score (nSPS) is 9.67. The Kier molecular flexibility index (Phi) is 9.09. The SMILES string of the molecule is CCn1cc(CNCc2ccc(N(C)C)cc2)cn1.Cl.Cl. The largest absolute Gasteiger partial charge is 0.378 e. The van der Waals surface area contributed by atoms with Gasteiger partial charge in [-0.1, -0.05) is 12.1 Å². The van der Waals surface area contributed by atoms with Crippen LogP contribution < -0.4 is 10.2 Å². The lowest BCUT2D eigenvalue weighted by molar-refractivity contribution is 0.655. The molecule has 6 heteroatoms. The quantitative estimate of drug-likeness (QED) is 0.883. The molecule has 21 heavy (non-hydrogen) atoms. The minimum atomic E-state index is 0. The summed E-state index contributed by atoms with van der Waals surface area (Å²) < 4.78 is 1.95. The fraction of sp³-hybridized carbons (Fsp3) is 0.400. The third kappa shape index (κ3) is 5.96. The van der Waals surface area contributed by atoms with Gasteiger partial charge in [-0.05, 0) is 24.6 Å². The summed E-state index contributed by atoms with van der Waals surface area (Å²) in [5.74, 6) is 0. The van der Waals surface area contributed by atoms with Crippen LogP contribution in [0.15, 0.2) is 36.7 Å². The summed E-state index contributed by atoms with van der Waals surface area (Å²) in [5.41, 5.74) is 3.76. The van der Waals surface area contributed by atoms with E-state index in [4.69, 9.17) is 0 Å². The maximum atomic E-state index is 4.26. The third-order valence-corrected chi connectivity index (χ3v) is 3.12. The molecule has 0 fully saturated rings. The molecule has 0 amide bonds. The summed E-state index contributed by atoms with van der Waals surface area (Å²) in [6, 6.07) is 8.62. The Hall–Kier alpha value is -1.23. The van der Waals surface area contributed by atoms with Crippen LogP contribution >= 0.6 is 24.8 Å². The van der Waals surface area contributed by atoms with Crippen LogP contribution in [0.4, 0.5) is 5.69 Å². The van der Waals surface area contributed by atoms with Crippen molar-refractivity contribution in [3.63, 3.8) is 0 Å². The zero-order valence-corrected chi connectivity index (χ0v) is 14.4. The second-order valence-corrected chi connectivity index (χ2v) is 4.87. The number of benzene rings is 1. The van der Waals surface area contributed by atoms with E-state index in [1.165, 1.54) is 16.8 Å². The maximum Gasteiger partial charge on any atom is 0.0534 e. The van der Waals surface area contributed by atoms with Gasteiger partial charge in [0.1, 0.15) is 0 Å². The maximum absolute atomic E-state index is 4.26. The van der Waals surface area contributed by atoms with E-state index >= 15 is 0 Å². The van der Waals surface area contributed by atoms with Crippen LogP contribution in [-0.2, 0) is 19.6 Å². The lowest BCUT2D eigenvalue weighted by atomic mass is 10.2. The Balaban J connectivity index is 0.00000200. The average molecular weight is 331 g/mol. The molecule has 4 nitrogen and oxygen atoms in total. The molecule has 0 saturated carbocycles. The van der Waals surface area contributed by atoms with Crippen molar-refractivity contribution in [2.75, 3.05) is 19.0 Å². The molecule has 0 aliphatic carbocycles. The third-order valence-electron chi connectivity index (χ3n) is 3.12. The van der Waals surface area contributed by atoms with Crippen molar-refractivity contribution in [3.8, 4) is 0 Å². The molecule has 2 rings (SSSR count). The number of rotatable bonds is 6. The number of nitrogens with zero attached hydrogens (tertiary/aromatic N) is 3. The van der Waals surface area contributed by atoms with E-state index in [2.05, 4.69) is 66.8 Å². The summed E-state index contributed by atoms with van der Waals surface area (Å²) in [6.45, 7) is 4.75. The van der Waals surface area contributed by atoms with Gasteiger partial charge in [0.2, 0.25) is 0 Å². The number of hydrogen-bond acceptors (Lipinski definition) is 3. The molecule has 1 aromatic heterocycles.